The van der Waals surface area contributed by atoms with Crippen LogP contribution in [0.1, 0.15) is 68.4 Å². The topological polar surface area (TPSA) is 115 Å². The van der Waals surface area contributed by atoms with Crippen LogP contribution >= 0.6 is 63.7 Å². The average molecular weight is 896 g/mol. The molecule has 3 fully saturated rings. The molecule has 2 aromatic carbocycles. The molecule has 8 nitrogen and oxygen atoms in total. The second-order valence-electron chi connectivity index (χ2n) is 15.6. The number of hydrogen-bond donors (Lipinski definition) is 2. The molecule has 2 aliphatic heterocycles. The van der Waals surface area contributed by atoms with E-state index in [-0.39, 0.29) is 22.6 Å². The number of aryl methyl sites for hydroxylation is 1. The number of phenolic OH excluding ortho intramolecular Hbond substituents is 2. The molecule has 4 amide bonds. The number of fused-ring (bicyclic) bond motifs is 4. The van der Waals surface area contributed by atoms with E-state index in [1.54, 1.807) is 12.1 Å². The maximum atomic E-state index is 14.6. The van der Waals surface area contributed by atoms with Gasteiger partial charge in [-0.3, -0.25) is 24.1 Å². The molecule has 7 unspecified atom stereocenters. The fourth-order valence-electron chi connectivity index (χ4n) is 10.3. The Morgan fingerprint density at radius 2 is 1.06 bits per heavy atom. The van der Waals surface area contributed by atoms with Crippen LogP contribution in [0.4, 0.5) is 5.69 Å². The van der Waals surface area contributed by atoms with Gasteiger partial charge in [0.05, 0.1) is 38.0 Å². The van der Waals surface area contributed by atoms with Crippen molar-refractivity contribution in [2.24, 2.45) is 23.7 Å². The number of amides is 4. The second-order valence-corrected chi connectivity index (χ2v) is 19.8. The fourth-order valence-corrected chi connectivity index (χ4v) is 14.7. The van der Waals surface area contributed by atoms with Gasteiger partial charge in [0.25, 0.3) is 0 Å². The average Bonchev–Trinajstić information content (AvgIpc) is 3.55. The van der Waals surface area contributed by atoms with Gasteiger partial charge in [0.2, 0.25) is 23.6 Å². The molecule has 246 valence electrons. The highest BCUT2D eigenvalue weighted by Gasteiger charge is 2.82. The van der Waals surface area contributed by atoms with Gasteiger partial charge in [-0.25, -0.2) is 4.90 Å². The van der Waals surface area contributed by atoms with Crippen molar-refractivity contribution in [2.45, 2.75) is 72.4 Å². The number of imide groups is 2. The van der Waals surface area contributed by atoms with E-state index in [1.807, 2.05) is 13.0 Å². The van der Waals surface area contributed by atoms with Crippen LogP contribution in [-0.2, 0) is 35.4 Å². The molecular weight excluding hydrogens is 864 g/mol. The number of nitrogens with zero attached hydrogens (tertiary/aromatic N) is 2. The predicted molar refractivity (Wildman–Crippen MR) is 189 cm³/mol. The number of anilines is 1. The fraction of sp³-hybridized carbons (Fsp3) is 0.486. The van der Waals surface area contributed by atoms with Crippen molar-refractivity contribution in [3.8, 4) is 11.5 Å². The number of alkyl halides is 2. The molecule has 7 aliphatic rings. The summed E-state index contributed by atoms with van der Waals surface area (Å²) in [6.07, 6.45) is 1.48. The minimum absolute atomic E-state index is 0.0845. The first kappa shape index (κ1) is 32.2. The first-order valence-electron chi connectivity index (χ1n) is 15.5. The van der Waals surface area contributed by atoms with Crippen molar-refractivity contribution < 1.29 is 29.4 Å². The standard InChI is InChI=1S/C35H32Br4N2O6/c1-13-7-14-16(9-19(13)42)33(11-31(14,2)3)12-32(4,5)15-8-18(20(43)10-17(15)33)41-29(46)23-24(30(41)47)35(39)22-21(27(44)40(6)28(22)45)34(23,38)25(36)26(35)37/h7-10,21-24,42-43H,11-12H2,1-6H3. The molecule has 2 aromatic rings. The number of carbonyl (C=O) groups is 4. The van der Waals surface area contributed by atoms with Gasteiger partial charge in [-0.15, -0.1) is 0 Å². The zero-order chi connectivity index (χ0) is 34.3. The monoisotopic (exact) mass is 892 g/mol. The zero-order valence-corrected chi connectivity index (χ0v) is 32.8. The molecule has 2 bridgehead atoms. The number of halogens is 4. The Kier molecular flexibility index (Phi) is 6.30. The number of aromatic hydroxyl groups is 2. The van der Waals surface area contributed by atoms with Crippen LogP contribution in [-0.4, -0.2) is 54.4 Å². The van der Waals surface area contributed by atoms with Crippen molar-refractivity contribution in [3.05, 3.63) is 61.0 Å². The Morgan fingerprint density at radius 1 is 0.660 bits per heavy atom. The van der Waals surface area contributed by atoms with E-state index in [0.29, 0.717) is 15.4 Å². The van der Waals surface area contributed by atoms with Gasteiger partial charge in [0, 0.05) is 21.4 Å². The van der Waals surface area contributed by atoms with E-state index in [9.17, 15) is 29.4 Å². The highest BCUT2D eigenvalue weighted by molar-refractivity contribution is 9.16. The molecule has 0 radical (unpaired) electrons. The van der Waals surface area contributed by atoms with Crippen molar-refractivity contribution in [1.82, 2.24) is 4.90 Å². The van der Waals surface area contributed by atoms with E-state index in [0.717, 1.165) is 38.5 Å². The summed E-state index contributed by atoms with van der Waals surface area (Å²) in [5.74, 6) is -5.92. The van der Waals surface area contributed by atoms with E-state index in [1.165, 1.54) is 12.6 Å². The number of likely N-dealkylation sites (tertiary alicyclic amines) is 1. The molecule has 2 heterocycles. The van der Waals surface area contributed by atoms with Crippen LogP contribution < -0.4 is 4.90 Å². The molecule has 12 heteroatoms. The van der Waals surface area contributed by atoms with Gasteiger partial charge < -0.3 is 10.2 Å². The number of hydrogen-bond acceptors (Lipinski definition) is 6. The molecule has 47 heavy (non-hydrogen) atoms. The van der Waals surface area contributed by atoms with Crippen molar-refractivity contribution in [1.29, 1.82) is 0 Å². The minimum atomic E-state index is -1.37. The summed E-state index contributed by atoms with van der Waals surface area (Å²) >= 11 is 14.8. The summed E-state index contributed by atoms with van der Waals surface area (Å²) in [6.45, 7) is 10.6. The maximum absolute atomic E-state index is 14.6. The lowest BCUT2D eigenvalue weighted by atomic mass is 9.54. The number of carbonyl (C=O) groups excluding carboxylic acids is 4. The lowest BCUT2D eigenvalue weighted by Crippen LogP contribution is -2.67. The van der Waals surface area contributed by atoms with E-state index in [2.05, 4.69) is 97.5 Å². The molecule has 0 aromatic heterocycles. The van der Waals surface area contributed by atoms with E-state index in [4.69, 9.17) is 0 Å². The smallest absolute Gasteiger partial charge is 0.239 e. The molecule has 7 atom stereocenters. The summed E-state index contributed by atoms with van der Waals surface area (Å²) in [4.78, 5) is 58.5. The zero-order valence-electron chi connectivity index (χ0n) is 26.5. The van der Waals surface area contributed by atoms with Crippen LogP contribution in [0.2, 0.25) is 0 Å². The lowest BCUT2D eigenvalue weighted by Gasteiger charge is -2.57. The Balaban J connectivity index is 1.30. The summed E-state index contributed by atoms with van der Waals surface area (Å²) in [5.41, 5.74) is 3.84. The lowest BCUT2D eigenvalue weighted by molar-refractivity contribution is -0.138. The summed E-state index contributed by atoms with van der Waals surface area (Å²) in [6, 6.07) is 7.41. The summed E-state index contributed by atoms with van der Waals surface area (Å²) < 4.78 is -1.76. The van der Waals surface area contributed by atoms with Gasteiger partial charge in [-0.1, -0.05) is 97.5 Å². The molecule has 1 spiro atoms. The van der Waals surface area contributed by atoms with Crippen LogP contribution in [0, 0.1) is 30.6 Å². The third-order valence-corrected chi connectivity index (χ3v) is 18.6. The number of rotatable bonds is 1. The summed E-state index contributed by atoms with van der Waals surface area (Å²) in [7, 11) is 1.42. The normalized spacial score (nSPS) is 37.3. The van der Waals surface area contributed by atoms with Crippen LogP contribution in [0.5, 0.6) is 11.5 Å². The number of allylic oxidation sites excluding steroid dienone is 2. The Morgan fingerprint density at radius 3 is 1.53 bits per heavy atom. The Bertz CT molecular complexity index is 1930. The third-order valence-electron chi connectivity index (χ3n) is 12.2. The Hall–Kier alpha value is -2.02. The van der Waals surface area contributed by atoms with Crippen LogP contribution in [0.3, 0.4) is 0 Å². The van der Waals surface area contributed by atoms with Gasteiger partial charge in [-0.2, -0.15) is 0 Å². The molecule has 1 saturated carbocycles. The minimum Gasteiger partial charge on any atom is -0.508 e. The largest absolute Gasteiger partial charge is 0.508 e. The van der Waals surface area contributed by atoms with Crippen LogP contribution in [0.15, 0.2) is 33.2 Å². The van der Waals surface area contributed by atoms with E-state index >= 15 is 0 Å². The Labute approximate surface area is 305 Å². The second kappa shape index (κ2) is 9.20. The van der Waals surface area contributed by atoms with Crippen molar-refractivity contribution >= 4 is 93.0 Å². The first-order valence-corrected chi connectivity index (χ1v) is 18.7. The highest BCUT2D eigenvalue weighted by atomic mass is 79.9. The number of benzene rings is 2. The highest BCUT2D eigenvalue weighted by Crippen LogP contribution is 2.74. The van der Waals surface area contributed by atoms with Gasteiger partial charge >= 0.3 is 0 Å². The third kappa shape index (κ3) is 3.45. The molecule has 5 aliphatic carbocycles. The van der Waals surface area contributed by atoms with Crippen molar-refractivity contribution in [3.63, 3.8) is 0 Å². The van der Waals surface area contributed by atoms with Gasteiger partial charge in [0.15, 0.2) is 0 Å². The molecule has 9 rings (SSSR count). The van der Waals surface area contributed by atoms with Gasteiger partial charge in [-0.05, 0) is 76.6 Å². The predicted octanol–water partition coefficient (Wildman–Crippen LogP) is 6.69. The first-order chi connectivity index (χ1) is 21.7. The molecule has 2 saturated heterocycles. The molecular formula is C35H32Br4N2O6. The van der Waals surface area contributed by atoms with Crippen LogP contribution in [0.25, 0.3) is 0 Å². The quantitative estimate of drug-likeness (QED) is 0.244. The maximum Gasteiger partial charge on any atom is 0.239 e. The molecule has 2 N–H and O–H groups in total. The summed E-state index contributed by atoms with van der Waals surface area (Å²) in [5, 5.41) is 22.6. The van der Waals surface area contributed by atoms with Crippen molar-refractivity contribution in [2.75, 3.05) is 11.9 Å². The van der Waals surface area contributed by atoms with Gasteiger partial charge in [0.1, 0.15) is 11.5 Å². The SMILES string of the molecule is Cc1cc2c(cc1O)C1(CC2(C)C)CC(C)(C)c2cc(N3C(=O)C4C(C3=O)C3(Br)C(Br)=C(Br)C4(Br)C4C(=O)N(C)C(=O)C43)c(O)cc21. The number of phenols is 2. The van der Waals surface area contributed by atoms with E-state index < -0.39 is 66.8 Å².